The summed E-state index contributed by atoms with van der Waals surface area (Å²) in [4.78, 5) is 2.31. The van der Waals surface area contributed by atoms with Crippen molar-refractivity contribution in [1.82, 2.24) is 14.7 Å². The molecular formula is C9H16Cl2N4. The van der Waals surface area contributed by atoms with Crippen molar-refractivity contribution in [3.05, 3.63) is 16.9 Å². The molecule has 1 aliphatic rings. The van der Waals surface area contributed by atoms with Gasteiger partial charge < -0.3 is 5.73 Å². The number of nitrogens with zero attached hydrogens (tertiary/aromatic N) is 3. The minimum Gasteiger partial charge on any atom is -0.326 e. The SMILES string of the molecule is Cl.Cn1ncc(Cl)c1CN1CC[C@H](N)C1. The first-order valence-electron chi connectivity index (χ1n) is 4.81. The maximum absolute atomic E-state index is 6.02. The van der Waals surface area contributed by atoms with Gasteiger partial charge in [-0.05, 0) is 6.42 Å². The topological polar surface area (TPSA) is 47.1 Å². The molecule has 0 aromatic carbocycles. The second-order valence-electron chi connectivity index (χ2n) is 3.85. The van der Waals surface area contributed by atoms with Gasteiger partial charge in [0.1, 0.15) is 0 Å². The van der Waals surface area contributed by atoms with Crippen LogP contribution in [0.1, 0.15) is 12.1 Å². The van der Waals surface area contributed by atoms with E-state index in [1.54, 1.807) is 6.20 Å². The van der Waals surface area contributed by atoms with E-state index in [2.05, 4.69) is 10.00 Å². The Balaban J connectivity index is 0.00000112. The van der Waals surface area contributed by atoms with Gasteiger partial charge in [-0.25, -0.2) is 0 Å². The molecule has 0 bridgehead atoms. The molecule has 1 aromatic heterocycles. The Kier molecular flexibility index (Phi) is 4.40. The van der Waals surface area contributed by atoms with Crippen LogP contribution in [0.15, 0.2) is 6.20 Å². The quantitative estimate of drug-likeness (QED) is 0.853. The maximum Gasteiger partial charge on any atom is 0.0831 e. The average molecular weight is 251 g/mol. The van der Waals surface area contributed by atoms with Crippen molar-refractivity contribution in [2.75, 3.05) is 13.1 Å². The van der Waals surface area contributed by atoms with Crippen molar-refractivity contribution in [2.24, 2.45) is 12.8 Å². The highest BCUT2D eigenvalue weighted by molar-refractivity contribution is 6.31. The first kappa shape index (κ1) is 12.8. The third-order valence-electron chi connectivity index (χ3n) is 2.69. The highest BCUT2D eigenvalue weighted by atomic mass is 35.5. The highest BCUT2D eigenvalue weighted by Crippen LogP contribution is 2.18. The van der Waals surface area contributed by atoms with Crippen LogP contribution in [0.4, 0.5) is 0 Å². The fourth-order valence-corrected chi connectivity index (χ4v) is 2.06. The zero-order valence-corrected chi connectivity index (χ0v) is 10.3. The zero-order chi connectivity index (χ0) is 10.1. The standard InChI is InChI=1S/C9H15ClN4.ClH/c1-13-9(8(10)4-12-13)6-14-3-2-7(11)5-14;/h4,7H,2-3,5-6,11H2,1H3;1H/t7-;/m0./s1. The first-order chi connectivity index (χ1) is 6.66. The predicted octanol–water partition coefficient (Wildman–Crippen LogP) is 1.03. The van der Waals surface area contributed by atoms with E-state index in [4.69, 9.17) is 17.3 Å². The second-order valence-corrected chi connectivity index (χ2v) is 4.25. The molecule has 1 atom stereocenters. The third kappa shape index (κ3) is 2.84. The Bertz CT molecular complexity index is 306. The lowest BCUT2D eigenvalue weighted by Crippen LogP contribution is -2.27. The number of nitrogens with two attached hydrogens (primary N) is 1. The van der Waals surface area contributed by atoms with E-state index in [9.17, 15) is 0 Å². The number of hydrogen-bond acceptors (Lipinski definition) is 3. The van der Waals surface area contributed by atoms with Crippen molar-refractivity contribution < 1.29 is 0 Å². The van der Waals surface area contributed by atoms with Crippen LogP contribution in [0.3, 0.4) is 0 Å². The van der Waals surface area contributed by atoms with Gasteiger partial charge in [0.2, 0.25) is 0 Å². The van der Waals surface area contributed by atoms with Crippen LogP contribution in [0.5, 0.6) is 0 Å². The molecule has 6 heteroatoms. The van der Waals surface area contributed by atoms with E-state index < -0.39 is 0 Å². The van der Waals surface area contributed by atoms with Crippen LogP contribution in [0.2, 0.25) is 5.02 Å². The number of hydrogen-bond donors (Lipinski definition) is 1. The van der Waals surface area contributed by atoms with Gasteiger partial charge >= 0.3 is 0 Å². The Labute approximate surface area is 101 Å². The molecule has 0 spiro atoms. The summed E-state index contributed by atoms with van der Waals surface area (Å²) >= 11 is 6.02. The van der Waals surface area contributed by atoms with Gasteiger partial charge in [0.05, 0.1) is 16.9 Å². The molecule has 1 fully saturated rings. The van der Waals surface area contributed by atoms with Gasteiger partial charge in [-0.3, -0.25) is 9.58 Å². The van der Waals surface area contributed by atoms with Crippen molar-refractivity contribution in [2.45, 2.75) is 19.0 Å². The summed E-state index contributed by atoms with van der Waals surface area (Å²) in [5.41, 5.74) is 6.90. The molecule has 0 amide bonds. The van der Waals surface area contributed by atoms with E-state index in [0.717, 1.165) is 36.8 Å². The number of halogens is 2. The Hall–Kier alpha value is -0.290. The van der Waals surface area contributed by atoms with Crippen LogP contribution in [-0.4, -0.2) is 33.8 Å². The largest absolute Gasteiger partial charge is 0.326 e. The Morgan fingerprint density at radius 2 is 2.40 bits per heavy atom. The third-order valence-corrected chi connectivity index (χ3v) is 3.01. The maximum atomic E-state index is 6.02. The number of aryl methyl sites for hydroxylation is 1. The molecule has 1 saturated heterocycles. The molecule has 1 aliphatic heterocycles. The fourth-order valence-electron chi connectivity index (χ4n) is 1.83. The second kappa shape index (κ2) is 5.16. The molecule has 86 valence electrons. The zero-order valence-electron chi connectivity index (χ0n) is 8.69. The Morgan fingerprint density at radius 3 is 2.87 bits per heavy atom. The lowest BCUT2D eigenvalue weighted by Gasteiger charge is -2.15. The fraction of sp³-hybridized carbons (Fsp3) is 0.667. The lowest BCUT2D eigenvalue weighted by molar-refractivity contribution is 0.317. The summed E-state index contributed by atoms with van der Waals surface area (Å²) < 4.78 is 1.83. The highest BCUT2D eigenvalue weighted by Gasteiger charge is 2.20. The normalized spacial score (nSPS) is 21.7. The van der Waals surface area contributed by atoms with Crippen LogP contribution in [0.25, 0.3) is 0 Å². The molecule has 15 heavy (non-hydrogen) atoms. The van der Waals surface area contributed by atoms with Gasteiger partial charge in [-0.1, -0.05) is 11.6 Å². The Morgan fingerprint density at radius 1 is 1.67 bits per heavy atom. The lowest BCUT2D eigenvalue weighted by atomic mass is 10.3. The molecule has 2 heterocycles. The summed E-state index contributed by atoms with van der Waals surface area (Å²) in [6, 6.07) is 0.321. The minimum absolute atomic E-state index is 0. The molecule has 0 radical (unpaired) electrons. The molecule has 2 N–H and O–H groups in total. The van der Waals surface area contributed by atoms with Crippen LogP contribution in [-0.2, 0) is 13.6 Å². The van der Waals surface area contributed by atoms with Crippen LogP contribution in [0, 0.1) is 0 Å². The summed E-state index contributed by atoms with van der Waals surface area (Å²) in [6.45, 7) is 2.87. The molecular weight excluding hydrogens is 235 g/mol. The molecule has 0 unspecified atom stereocenters. The monoisotopic (exact) mass is 250 g/mol. The van der Waals surface area contributed by atoms with Crippen molar-refractivity contribution in [3.63, 3.8) is 0 Å². The molecule has 2 rings (SSSR count). The molecule has 4 nitrogen and oxygen atoms in total. The summed E-state index contributed by atoms with van der Waals surface area (Å²) in [6.07, 6.45) is 2.77. The van der Waals surface area contributed by atoms with Crippen molar-refractivity contribution in [3.8, 4) is 0 Å². The smallest absolute Gasteiger partial charge is 0.0831 e. The number of aromatic nitrogens is 2. The average Bonchev–Trinajstić information content (AvgIpc) is 2.67. The van der Waals surface area contributed by atoms with Gasteiger partial charge in [-0.2, -0.15) is 5.10 Å². The number of rotatable bonds is 2. The molecule has 1 aromatic rings. The molecule has 0 saturated carbocycles. The van der Waals surface area contributed by atoms with E-state index in [-0.39, 0.29) is 12.4 Å². The summed E-state index contributed by atoms with van der Waals surface area (Å²) in [7, 11) is 1.91. The van der Waals surface area contributed by atoms with E-state index in [0.29, 0.717) is 6.04 Å². The van der Waals surface area contributed by atoms with Gasteiger partial charge in [-0.15, -0.1) is 12.4 Å². The van der Waals surface area contributed by atoms with E-state index >= 15 is 0 Å². The first-order valence-corrected chi connectivity index (χ1v) is 5.19. The molecule has 0 aliphatic carbocycles. The van der Waals surface area contributed by atoms with Crippen LogP contribution >= 0.6 is 24.0 Å². The van der Waals surface area contributed by atoms with Gasteiger partial charge in [0.25, 0.3) is 0 Å². The van der Waals surface area contributed by atoms with Crippen molar-refractivity contribution >= 4 is 24.0 Å². The van der Waals surface area contributed by atoms with Gasteiger partial charge in [0, 0.05) is 32.7 Å². The van der Waals surface area contributed by atoms with Crippen molar-refractivity contribution in [1.29, 1.82) is 0 Å². The summed E-state index contributed by atoms with van der Waals surface area (Å²) in [5, 5.41) is 4.85. The van der Waals surface area contributed by atoms with E-state index in [1.165, 1.54) is 0 Å². The summed E-state index contributed by atoms with van der Waals surface area (Å²) in [5.74, 6) is 0. The predicted molar refractivity (Wildman–Crippen MR) is 63.3 cm³/mol. The number of likely N-dealkylation sites (tertiary alicyclic amines) is 1. The van der Waals surface area contributed by atoms with Gasteiger partial charge in [0.15, 0.2) is 0 Å². The van der Waals surface area contributed by atoms with Crippen LogP contribution < -0.4 is 5.73 Å². The minimum atomic E-state index is 0. The van der Waals surface area contributed by atoms with E-state index in [1.807, 2.05) is 11.7 Å².